The van der Waals surface area contributed by atoms with Crippen LogP contribution in [0.25, 0.3) is 0 Å². The third-order valence-electron chi connectivity index (χ3n) is 5.28. The van der Waals surface area contributed by atoms with Gasteiger partial charge in [-0.25, -0.2) is 9.99 Å². The van der Waals surface area contributed by atoms with Crippen LogP contribution >= 0.6 is 11.8 Å². The van der Waals surface area contributed by atoms with E-state index < -0.39 is 5.91 Å². The summed E-state index contributed by atoms with van der Waals surface area (Å²) in [5, 5.41) is 8.70. The van der Waals surface area contributed by atoms with Gasteiger partial charge in [-0.05, 0) is 36.2 Å². The van der Waals surface area contributed by atoms with Crippen molar-refractivity contribution in [1.29, 1.82) is 0 Å². The fourth-order valence-corrected chi connectivity index (χ4v) is 4.47. The monoisotopic (exact) mass is 480 g/mol. The molecular weight excluding hydrogens is 456 g/mol. The molecule has 1 atom stereocenters. The molecule has 176 valence electrons. The number of thioether (sulfide) groups is 1. The lowest BCUT2D eigenvalue weighted by atomic mass is 10.0. The smallest absolute Gasteiger partial charge is 0.302 e. The highest BCUT2D eigenvalue weighted by atomic mass is 32.2. The molecule has 9 nitrogen and oxygen atoms in total. The number of ether oxygens (including phenoxy) is 2. The Labute approximate surface area is 201 Å². The van der Waals surface area contributed by atoms with Crippen LogP contribution in [0.5, 0.6) is 11.5 Å². The predicted molar refractivity (Wildman–Crippen MR) is 130 cm³/mol. The molecule has 0 saturated carbocycles. The van der Waals surface area contributed by atoms with Crippen LogP contribution in [0.15, 0.2) is 64.6 Å². The standard InChI is InChI=1S/C24H24N4O5S/c1-4-21-22(15-9-10-18(31-2)19(11-15)32-3)27-28(24(30)34-21)13-16-7-5-6-8-17(16)26-23(29)20-12-25-14-33-20/h5-12,14,21H,4,13H2,1-3H3,(H,26,29). The van der Waals surface area contributed by atoms with Gasteiger partial charge in [0.15, 0.2) is 17.9 Å². The number of para-hydroxylation sites is 1. The highest BCUT2D eigenvalue weighted by Crippen LogP contribution is 2.34. The van der Waals surface area contributed by atoms with Crippen molar-refractivity contribution >= 4 is 34.3 Å². The van der Waals surface area contributed by atoms with E-state index in [-0.39, 0.29) is 22.8 Å². The Kier molecular flexibility index (Phi) is 7.17. The van der Waals surface area contributed by atoms with Gasteiger partial charge >= 0.3 is 5.24 Å². The molecule has 2 heterocycles. The number of nitrogens with one attached hydrogen (secondary N) is 1. The summed E-state index contributed by atoms with van der Waals surface area (Å²) in [5.41, 5.74) is 2.91. The molecule has 1 N–H and O–H groups in total. The number of rotatable bonds is 8. The second-order valence-electron chi connectivity index (χ2n) is 7.37. The number of nitrogens with zero attached hydrogens (tertiary/aromatic N) is 3. The first kappa shape index (κ1) is 23.4. The second-order valence-corrected chi connectivity index (χ2v) is 8.52. The van der Waals surface area contributed by atoms with Crippen molar-refractivity contribution in [2.24, 2.45) is 5.10 Å². The third-order valence-corrected chi connectivity index (χ3v) is 6.53. The summed E-state index contributed by atoms with van der Waals surface area (Å²) in [6.45, 7) is 2.21. The molecule has 0 aliphatic carbocycles. The molecule has 1 aromatic heterocycles. The topological polar surface area (TPSA) is 106 Å². The van der Waals surface area contributed by atoms with E-state index in [9.17, 15) is 9.59 Å². The number of carbonyl (C=O) groups excluding carboxylic acids is 2. The maximum Gasteiger partial charge on any atom is 0.302 e. The fraction of sp³-hybridized carbons (Fsp3) is 0.250. The highest BCUT2D eigenvalue weighted by molar-refractivity contribution is 8.14. The first-order valence-electron chi connectivity index (χ1n) is 10.6. The van der Waals surface area contributed by atoms with E-state index in [1.807, 2.05) is 37.3 Å². The van der Waals surface area contributed by atoms with Crippen LogP contribution in [0.3, 0.4) is 0 Å². The summed E-state index contributed by atoms with van der Waals surface area (Å²) >= 11 is 1.23. The summed E-state index contributed by atoms with van der Waals surface area (Å²) in [4.78, 5) is 29.1. The van der Waals surface area contributed by atoms with Crippen LogP contribution in [-0.4, -0.2) is 46.3 Å². The molecule has 0 spiro atoms. The largest absolute Gasteiger partial charge is 0.493 e. The lowest BCUT2D eigenvalue weighted by molar-refractivity contribution is 0.0996. The quantitative estimate of drug-likeness (QED) is 0.494. The number of hydrazone groups is 1. The predicted octanol–water partition coefficient (Wildman–Crippen LogP) is 4.80. The first-order chi connectivity index (χ1) is 16.5. The summed E-state index contributed by atoms with van der Waals surface area (Å²) in [7, 11) is 3.16. The molecular formula is C24H24N4O5S. The van der Waals surface area contributed by atoms with Crippen molar-refractivity contribution in [2.45, 2.75) is 25.1 Å². The maximum absolute atomic E-state index is 12.9. The number of hydrogen-bond donors (Lipinski definition) is 1. The van der Waals surface area contributed by atoms with Gasteiger partial charge in [0.05, 0.1) is 37.9 Å². The van der Waals surface area contributed by atoms with Crippen LogP contribution in [-0.2, 0) is 6.54 Å². The van der Waals surface area contributed by atoms with E-state index >= 15 is 0 Å². The average Bonchev–Trinajstić information content (AvgIpc) is 3.41. The average molecular weight is 481 g/mol. The van der Waals surface area contributed by atoms with Gasteiger partial charge in [-0.15, -0.1) is 0 Å². The Hall–Kier alpha value is -3.79. The molecule has 0 bridgehead atoms. The van der Waals surface area contributed by atoms with E-state index in [1.165, 1.54) is 29.4 Å². The van der Waals surface area contributed by atoms with Gasteiger partial charge in [0, 0.05) is 11.3 Å². The highest BCUT2D eigenvalue weighted by Gasteiger charge is 2.31. The first-order valence-corrected chi connectivity index (χ1v) is 11.5. The molecule has 1 unspecified atom stereocenters. The number of anilines is 1. The van der Waals surface area contributed by atoms with Crippen LogP contribution < -0.4 is 14.8 Å². The zero-order valence-electron chi connectivity index (χ0n) is 19.0. The zero-order valence-corrected chi connectivity index (χ0v) is 19.8. The molecule has 10 heteroatoms. The number of carbonyl (C=O) groups is 2. The summed E-state index contributed by atoms with van der Waals surface area (Å²) in [6, 6.07) is 12.8. The Morgan fingerprint density at radius 3 is 2.68 bits per heavy atom. The van der Waals surface area contributed by atoms with Crippen molar-refractivity contribution in [2.75, 3.05) is 19.5 Å². The van der Waals surface area contributed by atoms with E-state index in [1.54, 1.807) is 26.4 Å². The van der Waals surface area contributed by atoms with Gasteiger partial charge in [0.25, 0.3) is 5.91 Å². The van der Waals surface area contributed by atoms with E-state index in [4.69, 9.17) is 19.0 Å². The van der Waals surface area contributed by atoms with Crippen molar-refractivity contribution in [3.05, 3.63) is 71.9 Å². The van der Waals surface area contributed by atoms with Crippen LogP contribution in [0.1, 0.15) is 35.0 Å². The van der Waals surface area contributed by atoms with Crippen LogP contribution in [0, 0.1) is 0 Å². The van der Waals surface area contributed by atoms with Gasteiger partial charge in [0.1, 0.15) is 0 Å². The number of oxazole rings is 1. The maximum atomic E-state index is 12.9. The van der Waals surface area contributed by atoms with E-state index in [0.29, 0.717) is 17.2 Å². The molecule has 3 aromatic rings. The second kappa shape index (κ2) is 10.4. The Morgan fingerprint density at radius 2 is 1.97 bits per heavy atom. The molecule has 34 heavy (non-hydrogen) atoms. The van der Waals surface area contributed by atoms with Crippen LogP contribution in [0.2, 0.25) is 0 Å². The molecule has 2 amide bonds. The summed E-state index contributed by atoms with van der Waals surface area (Å²) < 4.78 is 15.8. The molecule has 0 fully saturated rings. The van der Waals surface area contributed by atoms with Gasteiger partial charge < -0.3 is 19.2 Å². The lowest BCUT2D eigenvalue weighted by Crippen LogP contribution is -2.35. The number of hydrogen-bond acceptors (Lipinski definition) is 8. The minimum atomic E-state index is -0.426. The van der Waals surface area contributed by atoms with Crippen molar-refractivity contribution in [3.8, 4) is 11.5 Å². The van der Waals surface area contributed by atoms with Crippen molar-refractivity contribution in [1.82, 2.24) is 9.99 Å². The summed E-state index contributed by atoms with van der Waals surface area (Å²) in [6.07, 6.45) is 3.27. The van der Waals surface area contributed by atoms with E-state index in [0.717, 1.165) is 23.3 Å². The van der Waals surface area contributed by atoms with Gasteiger partial charge in [-0.2, -0.15) is 5.10 Å². The summed E-state index contributed by atoms with van der Waals surface area (Å²) in [5.74, 6) is 0.878. The Morgan fingerprint density at radius 1 is 1.18 bits per heavy atom. The Balaban J connectivity index is 1.63. The minimum Gasteiger partial charge on any atom is -0.493 e. The van der Waals surface area contributed by atoms with Crippen LogP contribution in [0.4, 0.5) is 10.5 Å². The molecule has 0 radical (unpaired) electrons. The lowest BCUT2D eigenvalue weighted by Gasteiger charge is -2.29. The molecule has 4 rings (SSSR count). The normalized spacial score (nSPS) is 15.6. The van der Waals surface area contributed by atoms with Crippen molar-refractivity contribution < 1.29 is 23.5 Å². The van der Waals surface area contributed by atoms with Gasteiger partial charge in [-0.1, -0.05) is 36.9 Å². The van der Waals surface area contributed by atoms with Gasteiger partial charge in [0.2, 0.25) is 5.76 Å². The van der Waals surface area contributed by atoms with Crippen molar-refractivity contribution in [3.63, 3.8) is 0 Å². The Bertz CT molecular complexity index is 1210. The van der Waals surface area contributed by atoms with Gasteiger partial charge in [-0.3, -0.25) is 9.59 Å². The third kappa shape index (κ3) is 4.91. The number of benzene rings is 2. The number of aromatic nitrogens is 1. The fourth-order valence-electron chi connectivity index (χ4n) is 3.54. The molecule has 1 aliphatic rings. The molecule has 1 aliphatic heterocycles. The van der Waals surface area contributed by atoms with E-state index in [2.05, 4.69) is 10.3 Å². The zero-order chi connectivity index (χ0) is 24.1. The molecule has 0 saturated heterocycles. The number of amides is 2. The SMILES string of the molecule is CCC1SC(=O)N(Cc2ccccc2NC(=O)c2cnco2)N=C1c1ccc(OC)c(OC)c1. The minimum absolute atomic E-state index is 0.0942. The number of methoxy groups -OCH3 is 2. The molecule has 2 aromatic carbocycles.